The van der Waals surface area contributed by atoms with E-state index in [0.717, 1.165) is 50.9 Å². The molecule has 172 valence electrons. The van der Waals surface area contributed by atoms with Gasteiger partial charge in [0.15, 0.2) is 0 Å². The fourth-order valence-corrected chi connectivity index (χ4v) is 7.91. The fraction of sp³-hybridized carbons (Fsp3) is 0.621. The Balaban J connectivity index is 1.60. The Morgan fingerprint density at radius 2 is 1.84 bits per heavy atom. The average Bonchev–Trinajstić information content (AvgIpc) is 3.08. The first kappa shape index (κ1) is 21.8. The van der Waals surface area contributed by atoms with Crippen molar-refractivity contribution in [1.82, 2.24) is 0 Å². The van der Waals surface area contributed by atoms with Crippen LogP contribution in [0.4, 0.5) is 5.69 Å². The van der Waals surface area contributed by atoms with E-state index in [0.29, 0.717) is 29.5 Å². The Kier molecular flexibility index (Phi) is 5.30. The normalized spacial score (nSPS) is 38.2. The molecule has 0 aliphatic heterocycles. The molecule has 6 atom stereocenters. The van der Waals surface area contributed by atoms with Gasteiger partial charge < -0.3 is 9.64 Å². The minimum absolute atomic E-state index is 0.154. The molecule has 0 amide bonds. The predicted octanol–water partition coefficient (Wildman–Crippen LogP) is 6.51. The van der Waals surface area contributed by atoms with Gasteiger partial charge in [0, 0.05) is 38.0 Å². The summed E-state index contributed by atoms with van der Waals surface area (Å²) < 4.78 is 5.93. The molecular formula is C29H39NO2. The van der Waals surface area contributed by atoms with Crippen LogP contribution in [-0.2, 0) is 9.53 Å². The van der Waals surface area contributed by atoms with Gasteiger partial charge in [0.25, 0.3) is 0 Å². The smallest absolute Gasteiger partial charge is 0.139 e. The maximum absolute atomic E-state index is 13.2. The van der Waals surface area contributed by atoms with Crippen molar-refractivity contribution in [2.24, 2.45) is 28.6 Å². The standard InChI is InChI=1S/C29H39NO2/c1-6-32-22-15-16-28(2)20(17-22)9-12-23-25-13-14-26(31)29(25,3)18-24(27(23)28)19-7-10-21(11-8-19)30(4)5/h7-11,17,23-25,27H,6,12-16,18H2,1-5H3. The largest absolute Gasteiger partial charge is 0.498 e. The number of ketones is 1. The third kappa shape index (κ3) is 3.18. The van der Waals surface area contributed by atoms with E-state index >= 15 is 0 Å². The second-order valence-corrected chi connectivity index (χ2v) is 11.3. The molecule has 6 unspecified atom stereocenters. The van der Waals surface area contributed by atoms with Gasteiger partial charge >= 0.3 is 0 Å². The number of ether oxygens (including phenoxy) is 1. The number of Topliss-reactive ketones (excluding diaryl/α,β-unsaturated/α-hetero) is 1. The van der Waals surface area contributed by atoms with Gasteiger partial charge in [0.05, 0.1) is 12.4 Å². The molecule has 0 aromatic heterocycles. The molecule has 32 heavy (non-hydrogen) atoms. The van der Waals surface area contributed by atoms with Gasteiger partial charge in [-0.15, -0.1) is 0 Å². The number of allylic oxidation sites excluding steroid dienone is 4. The lowest BCUT2D eigenvalue weighted by atomic mass is 9.45. The van der Waals surface area contributed by atoms with E-state index in [4.69, 9.17) is 4.74 Å². The van der Waals surface area contributed by atoms with Crippen LogP contribution < -0.4 is 4.90 Å². The maximum Gasteiger partial charge on any atom is 0.139 e. The first-order valence-electron chi connectivity index (χ1n) is 12.6. The zero-order valence-corrected chi connectivity index (χ0v) is 20.5. The molecule has 2 saturated carbocycles. The number of carbonyl (C=O) groups is 1. The number of carbonyl (C=O) groups excluding carboxylic acids is 1. The highest BCUT2D eigenvalue weighted by Gasteiger charge is 2.61. The van der Waals surface area contributed by atoms with Crippen molar-refractivity contribution in [3.63, 3.8) is 0 Å². The summed E-state index contributed by atoms with van der Waals surface area (Å²) in [4.78, 5) is 15.3. The summed E-state index contributed by atoms with van der Waals surface area (Å²) in [7, 11) is 4.19. The van der Waals surface area contributed by atoms with Crippen LogP contribution in [0.3, 0.4) is 0 Å². The van der Waals surface area contributed by atoms with Gasteiger partial charge in [-0.2, -0.15) is 0 Å². The molecule has 0 heterocycles. The van der Waals surface area contributed by atoms with Crippen molar-refractivity contribution >= 4 is 11.5 Å². The van der Waals surface area contributed by atoms with Crippen LogP contribution in [0.25, 0.3) is 0 Å². The van der Waals surface area contributed by atoms with Crippen LogP contribution in [0.2, 0.25) is 0 Å². The number of fused-ring (bicyclic) bond motifs is 5. The molecular weight excluding hydrogens is 394 g/mol. The molecule has 0 spiro atoms. The summed E-state index contributed by atoms with van der Waals surface area (Å²) in [5.74, 6) is 3.79. The van der Waals surface area contributed by atoms with Gasteiger partial charge in [-0.05, 0) is 91.0 Å². The predicted molar refractivity (Wildman–Crippen MR) is 131 cm³/mol. The molecule has 0 saturated heterocycles. The highest BCUT2D eigenvalue weighted by Crippen LogP contribution is 2.67. The monoisotopic (exact) mass is 433 g/mol. The summed E-state index contributed by atoms with van der Waals surface area (Å²) in [5.41, 5.74) is 4.14. The maximum atomic E-state index is 13.2. The first-order valence-corrected chi connectivity index (χ1v) is 12.6. The molecule has 4 aliphatic rings. The van der Waals surface area contributed by atoms with Gasteiger partial charge in [0.1, 0.15) is 5.78 Å². The molecule has 3 heteroatoms. The Morgan fingerprint density at radius 3 is 2.53 bits per heavy atom. The second kappa shape index (κ2) is 7.78. The lowest BCUT2D eigenvalue weighted by Gasteiger charge is -2.59. The Labute approximate surface area is 193 Å². The molecule has 4 aliphatic carbocycles. The Bertz CT molecular complexity index is 958. The van der Waals surface area contributed by atoms with Crippen LogP contribution in [0.5, 0.6) is 0 Å². The van der Waals surface area contributed by atoms with Crippen molar-refractivity contribution in [1.29, 1.82) is 0 Å². The van der Waals surface area contributed by atoms with E-state index in [9.17, 15) is 4.79 Å². The van der Waals surface area contributed by atoms with Gasteiger partial charge in [-0.25, -0.2) is 0 Å². The second-order valence-electron chi connectivity index (χ2n) is 11.3. The molecule has 1 aromatic rings. The summed E-state index contributed by atoms with van der Waals surface area (Å²) in [6.07, 6.45) is 11.0. The highest BCUT2D eigenvalue weighted by atomic mass is 16.5. The van der Waals surface area contributed by atoms with E-state index in [1.807, 2.05) is 0 Å². The average molecular weight is 434 g/mol. The molecule has 0 bridgehead atoms. The van der Waals surface area contributed by atoms with Crippen molar-refractivity contribution in [2.45, 2.75) is 65.2 Å². The lowest BCUT2D eigenvalue weighted by Crippen LogP contribution is -2.52. The number of hydrogen-bond donors (Lipinski definition) is 0. The molecule has 0 N–H and O–H groups in total. The minimum atomic E-state index is -0.158. The molecule has 5 rings (SSSR count). The molecule has 3 nitrogen and oxygen atoms in total. The van der Waals surface area contributed by atoms with E-state index in [1.54, 1.807) is 0 Å². The number of nitrogens with zero attached hydrogens (tertiary/aromatic N) is 1. The van der Waals surface area contributed by atoms with Crippen LogP contribution in [0, 0.1) is 28.6 Å². The van der Waals surface area contributed by atoms with Crippen molar-refractivity contribution < 1.29 is 9.53 Å². The third-order valence-electron chi connectivity index (χ3n) is 9.57. The van der Waals surface area contributed by atoms with Gasteiger partial charge in [-0.1, -0.05) is 32.1 Å². The van der Waals surface area contributed by atoms with Crippen molar-refractivity contribution in [3.8, 4) is 0 Å². The Morgan fingerprint density at radius 1 is 1.09 bits per heavy atom. The van der Waals surface area contributed by atoms with E-state index in [1.165, 1.54) is 16.8 Å². The summed E-state index contributed by atoms with van der Waals surface area (Å²) in [5, 5.41) is 0. The van der Waals surface area contributed by atoms with Crippen LogP contribution in [0.1, 0.15) is 70.8 Å². The quantitative estimate of drug-likeness (QED) is 0.542. The van der Waals surface area contributed by atoms with Crippen LogP contribution in [0.15, 0.2) is 47.7 Å². The zero-order valence-electron chi connectivity index (χ0n) is 20.5. The Hall–Kier alpha value is -2.03. The SMILES string of the molecule is CCOC1=CC2=CCC3C4CCC(=O)C4(C)CC(c4ccc(N(C)C)cc4)C3C2(C)CC1. The van der Waals surface area contributed by atoms with Gasteiger partial charge in [-0.3, -0.25) is 4.79 Å². The van der Waals surface area contributed by atoms with E-state index in [-0.39, 0.29) is 10.8 Å². The molecule has 0 radical (unpaired) electrons. The number of benzene rings is 1. The highest BCUT2D eigenvalue weighted by molar-refractivity contribution is 5.87. The van der Waals surface area contributed by atoms with Gasteiger partial charge in [0.2, 0.25) is 0 Å². The van der Waals surface area contributed by atoms with Crippen molar-refractivity contribution in [3.05, 3.63) is 53.3 Å². The first-order chi connectivity index (χ1) is 15.3. The summed E-state index contributed by atoms with van der Waals surface area (Å²) >= 11 is 0. The number of anilines is 1. The lowest BCUT2D eigenvalue weighted by molar-refractivity contribution is -0.133. The molecule has 2 fully saturated rings. The van der Waals surface area contributed by atoms with Crippen LogP contribution >= 0.6 is 0 Å². The summed E-state index contributed by atoms with van der Waals surface area (Å²) in [6.45, 7) is 7.62. The fourth-order valence-electron chi connectivity index (χ4n) is 7.91. The third-order valence-corrected chi connectivity index (χ3v) is 9.57. The number of rotatable bonds is 4. The van der Waals surface area contributed by atoms with Crippen molar-refractivity contribution in [2.75, 3.05) is 25.6 Å². The number of hydrogen-bond acceptors (Lipinski definition) is 3. The van der Waals surface area contributed by atoms with Crippen LogP contribution in [-0.4, -0.2) is 26.5 Å². The topological polar surface area (TPSA) is 29.5 Å². The minimum Gasteiger partial charge on any atom is -0.498 e. The zero-order chi connectivity index (χ0) is 22.7. The summed E-state index contributed by atoms with van der Waals surface area (Å²) in [6, 6.07) is 9.19. The van der Waals surface area contributed by atoms with E-state index in [2.05, 4.69) is 76.2 Å². The van der Waals surface area contributed by atoms with E-state index < -0.39 is 0 Å². The molecule has 1 aromatic carbocycles.